The molecule has 2 amide bonds. The third kappa shape index (κ3) is 7.68. The zero-order chi connectivity index (χ0) is 33.7. The highest BCUT2D eigenvalue weighted by molar-refractivity contribution is 6.30. The second-order valence-corrected chi connectivity index (χ2v) is 14.1. The van der Waals surface area contributed by atoms with Gasteiger partial charge in [-0.3, -0.25) is 19.6 Å². The van der Waals surface area contributed by atoms with Crippen molar-refractivity contribution in [3.05, 3.63) is 118 Å². The second kappa shape index (κ2) is 15.1. The van der Waals surface area contributed by atoms with Crippen LogP contribution in [0.25, 0.3) is 0 Å². The number of carbonyl (C=O) groups excluding carboxylic acids is 2. The lowest BCUT2D eigenvalue weighted by molar-refractivity contribution is -0.140. The first-order valence-corrected chi connectivity index (χ1v) is 18.1. The molecule has 0 spiro atoms. The molecule has 0 unspecified atom stereocenters. The molecule has 2 atom stereocenters. The molecule has 2 aliphatic carbocycles. The summed E-state index contributed by atoms with van der Waals surface area (Å²) in [6, 6.07) is 19.5. The number of piperazine rings is 1. The number of hydrogen-bond acceptors (Lipinski definition) is 6. The number of pyridine rings is 1. The average Bonchev–Trinajstić information content (AvgIpc) is 3.76. The van der Waals surface area contributed by atoms with Gasteiger partial charge in [-0.1, -0.05) is 54.1 Å². The molecule has 0 bridgehead atoms. The van der Waals surface area contributed by atoms with Crippen molar-refractivity contribution in [2.45, 2.75) is 83.1 Å². The predicted octanol–water partition coefficient (Wildman–Crippen LogP) is 6.61. The van der Waals surface area contributed by atoms with E-state index in [1.54, 1.807) is 4.90 Å². The van der Waals surface area contributed by atoms with Crippen LogP contribution in [0, 0.1) is 6.92 Å². The lowest BCUT2D eigenvalue weighted by Gasteiger charge is -2.45. The monoisotopic (exact) mass is 680 g/mol. The number of hydrogen-bond donors (Lipinski definition) is 0. The molecule has 49 heavy (non-hydrogen) atoms. The molecule has 10 heteroatoms. The van der Waals surface area contributed by atoms with Gasteiger partial charge in [0.25, 0.3) is 0 Å². The maximum Gasteiger partial charge on any atom is 0.410 e. The molecule has 9 nitrogen and oxygen atoms in total. The number of benzene rings is 2. The Balaban J connectivity index is 1.21. The summed E-state index contributed by atoms with van der Waals surface area (Å²) in [5.41, 5.74) is 6.58. The van der Waals surface area contributed by atoms with Gasteiger partial charge in [-0.05, 0) is 92.3 Å². The summed E-state index contributed by atoms with van der Waals surface area (Å²) in [5, 5.41) is 0.714. The highest BCUT2D eigenvalue weighted by Gasteiger charge is 2.43. The molecule has 2 aromatic heterocycles. The van der Waals surface area contributed by atoms with E-state index in [0.29, 0.717) is 37.7 Å². The minimum Gasteiger partial charge on any atom is -0.446 e. The number of rotatable bonds is 9. The van der Waals surface area contributed by atoms with Gasteiger partial charge in [-0.2, -0.15) is 0 Å². The number of imidazole rings is 1. The van der Waals surface area contributed by atoms with E-state index in [1.807, 2.05) is 60.9 Å². The van der Waals surface area contributed by atoms with Crippen LogP contribution in [-0.4, -0.2) is 79.6 Å². The number of amides is 2. The van der Waals surface area contributed by atoms with Crippen LogP contribution < -0.4 is 0 Å². The van der Waals surface area contributed by atoms with Gasteiger partial charge in [-0.25, -0.2) is 9.78 Å². The molecule has 0 N–H and O–H groups in total. The van der Waals surface area contributed by atoms with Crippen LogP contribution in [0.2, 0.25) is 5.02 Å². The Kier molecular flexibility index (Phi) is 10.3. The van der Waals surface area contributed by atoms with E-state index in [2.05, 4.69) is 44.8 Å². The number of halogens is 1. The van der Waals surface area contributed by atoms with Crippen LogP contribution in [0.3, 0.4) is 0 Å². The SMILES string of the molecule is Cc1cn(CCCN(Cc2ccccc2)C(=O)[C@H]2CN([C@H]3c4ccc(Cl)cc4CCc4cccnc43)CCN2C(=O)OC2CCCC2)cn1. The number of aromatic nitrogens is 3. The maximum atomic E-state index is 14.9. The zero-order valence-electron chi connectivity index (χ0n) is 28.2. The van der Waals surface area contributed by atoms with Crippen molar-refractivity contribution < 1.29 is 14.3 Å². The maximum absolute atomic E-state index is 14.9. The molecular weight excluding hydrogens is 636 g/mol. The van der Waals surface area contributed by atoms with Crippen molar-refractivity contribution in [3.63, 3.8) is 0 Å². The number of nitrogens with zero attached hydrogens (tertiary/aromatic N) is 6. The largest absolute Gasteiger partial charge is 0.446 e. The molecule has 256 valence electrons. The highest BCUT2D eigenvalue weighted by atomic mass is 35.5. The van der Waals surface area contributed by atoms with Gasteiger partial charge in [0.15, 0.2) is 0 Å². The third-order valence-electron chi connectivity index (χ3n) is 10.2. The van der Waals surface area contributed by atoms with Crippen LogP contribution in [0.4, 0.5) is 4.79 Å². The summed E-state index contributed by atoms with van der Waals surface area (Å²) < 4.78 is 8.12. The fourth-order valence-corrected chi connectivity index (χ4v) is 7.95. The smallest absolute Gasteiger partial charge is 0.410 e. The molecule has 0 radical (unpaired) electrons. The van der Waals surface area contributed by atoms with Crippen molar-refractivity contribution in [2.75, 3.05) is 26.2 Å². The Morgan fingerprint density at radius 2 is 1.80 bits per heavy atom. The van der Waals surface area contributed by atoms with E-state index in [0.717, 1.165) is 74.0 Å². The van der Waals surface area contributed by atoms with Gasteiger partial charge < -0.3 is 14.2 Å². The Labute approximate surface area is 293 Å². The first kappa shape index (κ1) is 33.3. The van der Waals surface area contributed by atoms with E-state index in [-0.39, 0.29) is 24.1 Å². The van der Waals surface area contributed by atoms with E-state index in [4.69, 9.17) is 21.3 Å². The molecule has 7 rings (SSSR count). The minimum absolute atomic E-state index is 0.0649. The van der Waals surface area contributed by atoms with Crippen LogP contribution >= 0.6 is 11.6 Å². The predicted molar refractivity (Wildman–Crippen MR) is 189 cm³/mol. The highest BCUT2D eigenvalue weighted by Crippen LogP contribution is 2.38. The lowest BCUT2D eigenvalue weighted by Crippen LogP contribution is -2.62. The lowest BCUT2D eigenvalue weighted by atomic mass is 9.95. The molecule has 3 heterocycles. The first-order chi connectivity index (χ1) is 23.9. The third-order valence-corrected chi connectivity index (χ3v) is 10.5. The number of fused-ring (bicyclic) bond motifs is 2. The van der Waals surface area contributed by atoms with Gasteiger partial charge in [0, 0.05) is 56.7 Å². The first-order valence-electron chi connectivity index (χ1n) is 17.7. The van der Waals surface area contributed by atoms with Crippen molar-refractivity contribution in [1.29, 1.82) is 0 Å². The molecule has 4 aromatic rings. The van der Waals surface area contributed by atoms with Crippen molar-refractivity contribution in [2.24, 2.45) is 0 Å². The number of aryl methyl sites for hydroxylation is 4. The van der Waals surface area contributed by atoms with Crippen LogP contribution in [-0.2, 0) is 35.5 Å². The summed E-state index contributed by atoms with van der Waals surface area (Å²) in [6.07, 6.45) is 11.6. The average molecular weight is 681 g/mol. The van der Waals surface area contributed by atoms with Crippen molar-refractivity contribution in [3.8, 4) is 0 Å². The fraction of sp³-hybridized carbons (Fsp3) is 0.436. The van der Waals surface area contributed by atoms with E-state index < -0.39 is 6.04 Å². The second-order valence-electron chi connectivity index (χ2n) is 13.6. The fourth-order valence-electron chi connectivity index (χ4n) is 7.76. The summed E-state index contributed by atoms with van der Waals surface area (Å²) in [6.45, 7) is 5.07. The van der Waals surface area contributed by atoms with Crippen LogP contribution in [0.5, 0.6) is 0 Å². The standard InChI is InChI=1S/C39H45ClN6O3/c1-28-24-43(27-42-28)19-8-20-45(25-29-9-3-2-4-10-29)38(47)35-26-44(21-22-46(35)39(48)49-33-12-5-6-13-33)37-34-17-16-32(40)23-31(34)15-14-30-11-7-18-41-36(30)37/h2-4,7,9-11,16-18,23-24,27,33,35,37H,5-6,8,12-15,19-22,25-26H2,1H3/t35-,37+/m1/s1. The molecule has 2 fully saturated rings. The Bertz CT molecular complexity index is 1760. The molecule has 2 aromatic carbocycles. The van der Waals surface area contributed by atoms with Gasteiger partial charge in [-0.15, -0.1) is 0 Å². The minimum atomic E-state index is -0.715. The van der Waals surface area contributed by atoms with E-state index in [9.17, 15) is 9.59 Å². The van der Waals surface area contributed by atoms with Gasteiger partial charge in [0.05, 0.1) is 23.8 Å². The summed E-state index contributed by atoms with van der Waals surface area (Å²) in [4.78, 5) is 44.1. The zero-order valence-corrected chi connectivity index (χ0v) is 29.0. The molecular formula is C39H45ClN6O3. The topological polar surface area (TPSA) is 83.8 Å². The Morgan fingerprint density at radius 3 is 2.59 bits per heavy atom. The van der Waals surface area contributed by atoms with Crippen molar-refractivity contribution >= 4 is 23.6 Å². The van der Waals surface area contributed by atoms with Gasteiger partial charge in [0.1, 0.15) is 12.1 Å². The number of carbonyl (C=O) groups is 2. The normalized spacial score (nSPS) is 19.6. The molecule has 1 aliphatic heterocycles. The Hall–Kier alpha value is -4.21. The number of ether oxygens (including phenoxy) is 1. The summed E-state index contributed by atoms with van der Waals surface area (Å²) in [5.74, 6) is -0.0649. The van der Waals surface area contributed by atoms with E-state index in [1.165, 1.54) is 11.1 Å². The summed E-state index contributed by atoms with van der Waals surface area (Å²) in [7, 11) is 0. The molecule has 3 aliphatic rings. The van der Waals surface area contributed by atoms with E-state index >= 15 is 0 Å². The van der Waals surface area contributed by atoms with Crippen LogP contribution in [0.1, 0.15) is 71.8 Å². The van der Waals surface area contributed by atoms with Crippen molar-refractivity contribution in [1.82, 2.24) is 29.2 Å². The molecule has 1 saturated heterocycles. The van der Waals surface area contributed by atoms with Gasteiger partial charge in [0.2, 0.25) is 5.91 Å². The quantitative estimate of drug-likeness (QED) is 0.198. The van der Waals surface area contributed by atoms with Crippen LogP contribution in [0.15, 0.2) is 79.4 Å². The Morgan fingerprint density at radius 1 is 0.980 bits per heavy atom. The summed E-state index contributed by atoms with van der Waals surface area (Å²) >= 11 is 6.50. The van der Waals surface area contributed by atoms with Gasteiger partial charge >= 0.3 is 6.09 Å². The molecule has 1 saturated carbocycles.